The highest BCUT2D eigenvalue weighted by atomic mass is 32.2. The van der Waals surface area contributed by atoms with Crippen molar-refractivity contribution in [1.29, 1.82) is 0 Å². The number of quaternary nitrogens is 1. The predicted molar refractivity (Wildman–Crippen MR) is 121 cm³/mol. The minimum absolute atomic E-state index is 0.122. The SMILES string of the molecule is CC1(C)S[C@@H]2[C@H](CO)C(=O)[N+]2([N+](=O)[O-])[C@@]1(N=Cc1ccccc1)C(=O)OCc1ccccc1. The molecule has 0 aliphatic carbocycles. The molecule has 2 aromatic rings. The van der Waals surface area contributed by atoms with Crippen molar-refractivity contribution in [3.05, 3.63) is 81.9 Å². The molecule has 4 atom stereocenters. The van der Waals surface area contributed by atoms with E-state index in [1.54, 1.807) is 62.4 Å². The summed E-state index contributed by atoms with van der Waals surface area (Å²) in [5.74, 6) is -2.78. The zero-order chi connectivity index (χ0) is 23.9. The van der Waals surface area contributed by atoms with Crippen LogP contribution in [0.2, 0.25) is 0 Å². The van der Waals surface area contributed by atoms with E-state index in [2.05, 4.69) is 4.99 Å². The van der Waals surface area contributed by atoms with Gasteiger partial charge in [-0.3, -0.25) is 0 Å². The second kappa shape index (κ2) is 8.36. The molecule has 0 saturated carbocycles. The number of β-lactam (4-membered cyclic amide) rings is 1. The molecule has 2 aliphatic heterocycles. The average molecular weight is 471 g/mol. The number of aliphatic hydroxyl groups is 1. The number of hydrogen-bond acceptors (Lipinski definition) is 8. The summed E-state index contributed by atoms with van der Waals surface area (Å²) in [5.41, 5.74) is -0.867. The van der Waals surface area contributed by atoms with Gasteiger partial charge in [0.15, 0.2) is 5.92 Å². The van der Waals surface area contributed by atoms with Crippen LogP contribution in [-0.4, -0.2) is 55.2 Å². The zero-order valence-electron chi connectivity index (χ0n) is 18.2. The molecule has 2 aliphatic rings. The number of esters is 1. The lowest BCUT2D eigenvalue weighted by molar-refractivity contribution is -1.31. The van der Waals surface area contributed by atoms with Gasteiger partial charge in [0.05, 0.1) is 11.2 Å². The number of aliphatic imine (C=N–C) groups is 1. The molecule has 2 fully saturated rings. The predicted octanol–water partition coefficient (Wildman–Crippen LogP) is 2.55. The van der Waals surface area contributed by atoms with Gasteiger partial charge in [-0.15, -0.1) is 0 Å². The van der Waals surface area contributed by atoms with Gasteiger partial charge in [0.1, 0.15) is 11.4 Å². The van der Waals surface area contributed by atoms with Crippen molar-refractivity contribution in [1.82, 2.24) is 0 Å². The van der Waals surface area contributed by atoms with Crippen LogP contribution in [0.3, 0.4) is 0 Å². The topological polar surface area (TPSA) is 119 Å². The molecular weight excluding hydrogens is 446 g/mol. The maximum absolute atomic E-state index is 13.7. The first kappa shape index (κ1) is 23.1. The summed E-state index contributed by atoms with van der Waals surface area (Å²) in [7, 11) is 0. The summed E-state index contributed by atoms with van der Waals surface area (Å²) in [6.07, 6.45) is 1.37. The van der Waals surface area contributed by atoms with Crippen LogP contribution >= 0.6 is 11.8 Å². The van der Waals surface area contributed by atoms with Crippen molar-refractivity contribution in [3.8, 4) is 0 Å². The van der Waals surface area contributed by atoms with E-state index in [0.29, 0.717) is 11.1 Å². The summed E-state index contributed by atoms with van der Waals surface area (Å²) in [6.45, 7) is 2.63. The molecule has 172 valence electrons. The Morgan fingerprint density at radius 3 is 2.39 bits per heavy atom. The highest BCUT2D eigenvalue weighted by molar-refractivity contribution is 8.01. The minimum atomic E-state index is -2.18. The van der Waals surface area contributed by atoms with Crippen molar-refractivity contribution in [3.63, 3.8) is 0 Å². The van der Waals surface area contributed by atoms with E-state index in [0.717, 1.165) is 11.8 Å². The Balaban J connectivity index is 1.85. The smallest absolute Gasteiger partial charge is 0.401 e. The lowest BCUT2D eigenvalue weighted by Gasteiger charge is -2.44. The molecule has 4 rings (SSSR count). The second-order valence-corrected chi connectivity index (χ2v) is 10.2. The monoisotopic (exact) mass is 470 g/mol. The summed E-state index contributed by atoms with van der Waals surface area (Å²) >= 11 is 1.11. The number of fused-ring (bicyclic) bond motifs is 1. The first-order chi connectivity index (χ1) is 15.7. The van der Waals surface area contributed by atoms with Crippen molar-refractivity contribution >= 4 is 29.9 Å². The van der Waals surface area contributed by atoms with E-state index in [1.165, 1.54) is 6.21 Å². The summed E-state index contributed by atoms with van der Waals surface area (Å²) < 4.78 is 2.97. The van der Waals surface area contributed by atoms with E-state index < -0.39 is 49.8 Å². The maximum atomic E-state index is 13.7. The fraction of sp³-hybridized carbons (Fsp3) is 0.348. The molecular formula is C23H24N3O6S+. The Labute approximate surface area is 194 Å². The molecule has 1 N–H and O–H groups in total. The highest BCUT2D eigenvalue weighted by Gasteiger charge is 2.94. The Morgan fingerprint density at radius 2 is 1.82 bits per heavy atom. The summed E-state index contributed by atoms with van der Waals surface area (Å²) in [5, 5.41) is 20.5. The number of carbonyl (C=O) groups excluding carboxylic acids is 2. The molecule has 10 heteroatoms. The van der Waals surface area contributed by atoms with Crippen LogP contribution in [0.5, 0.6) is 0 Å². The zero-order valence-corrected chi connectivity index (χ0v) is 19.0. The number of rotatable bonds is 7. The standard InChI is InChI=1S/C23H24N3O6S/c1-22(2)23(24-13-16-9-5-3-6-10-16,21(29)32-15-17-11-7-4-8-12-17)26(25(30)31)19(28)18(14-27)20(26)33-22/h3-13,18,20,27H,14-15H2,1-2H3/q+1/t18-,20-,23+,26?/m1/s1. The van der Waals surface area contributed by atoms with Crippen LogP contribution in [0, 0.1) is 16.0 Å². The van der Waals surface area contributed by atoms with Crippen LogP contribution < -0.4 is 0 Å². The molecule has 2 heterocycles. The van der Waals surface area contributed by atoms with E-state index in [9.17, 15) is 24.8 Å². The first-order valence-electron chi connectivity index (χ1n) is 10.4. The van der Waals surface area contributed by atoms with E-state index in [4.69, 9.17) is 4.74 Å². The van der Waals surface area contributed by atoms with Gasteiger partial charge >= 0.3 is 17.5 Å². The van der Waals surface area contributed by atoms with E-state index in [1.807, 2.05) is 12.1 Å². The van der Waals surface area contributed by atoms with Gasteiger partial charge in [0, 0.05) is 6.21 Å². The Kier molecular flexibility index (Phi) is 5.85. The number of ether oxygens (including phenoxy) is 1. The third kappa shape index (κ3) is 3.20. The normalized spacial score (nSPS) is 30.0. The number of benzene rings is 2. The number of hydrogen-bond donors (Lipinski definition) is 1. The second-order valence-electron chi connectivity index (χ2n) is 8.47. The lowest BCUT2D eigenvalue weighted by Crippen LogP contribution is -2.84. The first-order valence-corrected chi connectivity index (χ1v) is 11.3. The Bertz CT molecular complexity index is 1110. The van der Waals surface area contributed by atoms with Crippen LogP contribution in [0.4, 0.5) is 0 Å². The van der Waals surface area contributed by atoms with Crippen LogP contribution in [0.1, 0.15) is 25.0 Å². The van der Waals surface area contributed by atoms with Gasteiger partial charge in [-0.2, -0.15) is 0 Å². The van der Waals surface area contributed by atoms with Gasteiger partial charge < -0.3 is 9.84 Å². The van der Waals surface area contributed by atoms with Crippen molar-refractivity contribution < 1.29 is 29.1 Å². The Morgan fingerprint density at radius 1 is 1.21 bits per heavy atom. The van der Waals surface area contributed by atoms with Gasteiger partial charge in [0.25, 0.3) is 0 Å². The molecule has 2 saturated heterocycles. The van der Waals surface area contributed by atoms with Gasteiger partial charge in [-0.1, -0.05) is 72.4 Å². The quantitative estimate of drug-likeness (QED) is 0.165. The molecule has 2 aromatic carbocycles. The molecule has 0 spiro atoms. The largest absolute Gasteiger partial charge is 0.454 e. The number of aliphatic hydroxyl groups excluding tert-OH is 1. The van der Waals surface area contributed by atoms with Crippen LogP contribution in [0.25, 0.3) is 0 Å². The molecule has 1 amide bonds. The molecule has 9 nitrogen and oxygen atoms in total. The number of amides is 1. The van der Waals surface area contributed by atoms with E-state index in [-0.39, 0.29) is 6.61 Å². The molecule has 33 heavy (non-hydrogen) atoms. The maximum Gasteiger partial charge on any atom is 0.401 e. The van der Waals surface area contributed by atoms with Gasteiger partial charge in [-0.05, 0) is 25.0 Å². The van der Waals surface area contributed by atoms with Crippen molar-refractivity contribution in [2.24, 2.45) is 10.9 Å². The molecule has 0 bridgehead atoms. The van der Waals surface area contributed by atoms with Gasteiger partial charge in [0.2, 0.25) is 10.4 Å². The number of nitro groups is 1. The van der Waals surface area contributed by atoms with Crippen LogP contribution in [0.15, 0.2) is 65.7 Å². The third-order valence-electron chi connectivity index (χ3n) is 6.27. The Hall–Kier alpha value is -3.08. The molecule has 0 aromatic heterocycles. The minimum Gasteiger partial charge on any atom is -0.454 e. The highest BCUT2D eigenvalue weighted by Crippen LogP contribution is 2.65. The number of thioether (sulfide) groups is 1. The lowest BCUT2D eigenvalue weighted by atomic mass is 9.85. The van der Waals surface area contributed by atoms with Crippen molar-refractivity contribution in [2.45, 2.75) is 36.2 Å². The fourth-order valence-electron chi connectivity index (χ4n) is 4.65. The summed E-state index contributed by atoms with van der Waals surface area (Å²) in [6, 6.07) is 17.7. The average Bonchev–Trinajstić information content (AvgIpc) is 2.99. The number of carbonyl (C=O) groups is 2. The fourth-order valence-corrected chi connectivity index (χ4v) is 6.54. The molecule has 1 unspecified atom stereocenters. The third-order valence-corrected chi connectivity index (χ3v) is 8.01. The van der Waals surface area contributed by atoms with Crippen molar-refractivity contribution in [2.75, 3.05) is 6.61 Å². The molecule has 0 radical (unpaired) electrons. The van der Waals surface area contributed by atoms with E-state index >= 15 is 0 Å². The van der Waals surface area contributed by atoms with Gasteiger partial charge in [-0.25, -0.2) is 24.7 Å². The van der Waals surface area contributed by atoms with Crippen LogP contribution in [-0.2, 0) is 20.9 Å². The summed E-state index contributed by atoms with van der Waals surface area (Å²) in [4.78, 5) is 44.0. The number of nitrogens with zero attached hydrogens (tertiary/aromatic N) is 3.